The van der Waals surface area contributed by atoms with Gasteiger partial charge in [0.1, 0.15) is 5.82 Å². The highest BCUT2D eigenvalue weighted by atomic mass is 15.0. The second kappa shape index (κ2) is 8.03. The Bertz CT molecular complexity index is 1110. The number of benzene rings is 2. The lowest BCUT2D eigenvalue weighted by molar-refractivity contribution is 0.341. The Labute approximate surface area is 172 Å². The third-order valence-electron chi connectivity index (χ3n) is 6.43. The van der Waals surface area contributed by atoms with Crippen LogP contribution in [0.3, 0.4) is 0 Å². The summed E-state index contributed by atoms with van der Waals surface area (Å²) in [6.45, 7) is 5.62. The Morgan fingerprint density at radius 2 is 1.97 bits per heavy atom. The number of imidazole rings is 1. The average Bonchev–Trinajstić information content (AvgIpc) is 3.35. The molecule has 0 aliphatic carbocycles. The molecule has 1 saturated heterocycles. The van der Waals surface area contributed by atoms with Crippen LogP contribution in [0.25, 0.3) is 33.3 Å². The molecule has 0 atom stereocenters. The van der Waals surface area contributed by atoms with Crippen molar-refractivity contribution in [3.05, 3.63) is 54.2 Å². The number of rotatable bonds is 6. The van der Waals surface area contributed by atoms with Gasteiger partial charge in [-0.15, -0.1) is 0 Å². The first kappa shape index (κ1) is 18.4. The first-order valence-corrected chi connectivity index (χ1v) is 11.0. The molecule has 0 radical (unpaired) electrons. The molecule has 1 aliphatic heterocycles. The molecule has 2 N–H and O–H groups in total. The van der Waals surface area contributed by atoms with Gasteiger partial charge in [-0.3, -0.25) is 0 Å². The number of nitrogens with zero attached hydrogens (tertiary/aromatic N) is 2. The summed E-state index contributed by atoms with van der Waals surface area (Å²) in [6.07, 6.45) is 8.91. The van der Waals surface area contributed by atoms with Crippen LogP contribution in [0.5, 0.6) is 0 Å². The molecule has 3 heterocycles. The van der Waals surface area contributed by atoms with Gasteiger partial charge in [0.25, 0.3) is 0 Å². The van der Waals surface area contributed by atoms with Gasteiger partial charge in [-0.1, -0.05) is 31.0 Å². The van der Waals surface area contributed by atoms with E-state index in [4.69, 9.17) is 4.98 Å². The van der Waals surface area contributed by atoms with Crippen molar-refractivity contribution in [1.29, 1.82) is 0 Å². The molecule has 2 aromatic heterocycles. The fourth-order valence-corrected chi connectivity index (χ4v) is 4.76. The minimum atomic E-state index is 0.931. The third-order valence-corrected chi connectivity index (χ3v) is 6.43. The van der Waals surface area contributed by atoms with Crippen molar-refractivity contribution >= 4 is 21.9 Å². The third kappa shape index (κ3) is 3.82. The van der Waals surface area contributed by atoms with Gasteiger partial charge in [-0.25, -0.2) is 4.98 Å². The van der Waals surface area contributed by atoms with Gasteiger partial charge in [-0.05, 0) is 75.0 Å². The van der Waals surface area contributed by atoms with Crippen LogP contribution < -0.4 is 5.32 Å². The lowest BCUT2D eigenvalue weighted by atomic mass is 9.92. The van der Waals surface area contributed by atoms with Crippen LogP contribution in [0.1, 0.15) is 37.7 Å². The summed E-state index contributed by atoms with van der Waals surface area (Å²) in [5, 5.41) is 4.74. The zero-order chi connectivity index (χ0) is 19.6. The summed E-state index contributed by atoms with van der Waals surface area (Å²) in [6, 6.07) is 15.2. The number of H-pyrrole nitrogens is 1. The predicted octanol–water partition coefficient (Wildman–Crippen LogP) is 5.66. The molecule has 4 aromatic rings. The maximum Gasteiger partial charge on any atom is 0.139 e. The second-order valence-electron chi connectivity index (χ2n) is 8.54. The molecule has 0 bridgehead atoms. The summed E-state index contributed by atoms with van der Waals surface area (Å²) in [7, 11) is 0. The van der Waals surface area contributed by atoms with Crippen LogP contribution in [-0.4, -0.2) is 27.6 Å². The lowest BCUT2D eigenvalue weighted by Crippen LogP contribution is -2.27. The molecular formula is C25H30N4. The van der Waals surface area contributed by atoms with Crippen molar-refractivity contribution in [2.24, 2.45) is 5.92 Å². The first-order valence-electron chi connectivity index (χ1n) is 11.0. The van der Waals surface area contributed by atoms with E-state index in [2.05, 4.69) is 70.5 Å². The largest absolute Gasteiger partial charge is 0.347 e. The molecule has 4 heteroatoms. The van der Waals surface area contributed by atoms with E-state index in [1.807, 2.05) is 0 Å². The van der Waals surface area contributed by atoms with Gasteiger partial charge >= 0.3 is 0 Å². The van der Waals surface area contributed by atoms with Crippen molar-refractivity contribution in [1.82, 2.24) is 19.9 Å². The van der Waals surface area contributed by atoms with Crippen molar-refractivity contribution in [2.75, 3.05) is 13.1 Å². The van der Waals surface area contributed by atoms with E-state index >= 15 is 0 Å². The summed E-state index contributed by atoms with van der Waals surface area (Å²) < 4.78 is 2.41. The van der Waals surface area contributed by atoms with Gasteiger partial charge in [0.05, 0.1) is 11.0 Å². The van der Waals surface area contributed by atoms with Crippen molar-refractivity contribution < 1.29 is 0 Å². The molecule has 0 amide bonds. The molecule has 0 spiro atoms. The first-order chi connectivity index (χ1) is 14.3. The van der Waals surface area contributed by atoms with Gasteiger partial charge in [0.2, 0.25) is 0 Å². The number of hydrogen-bond donors (Lipinski definition) is 2. The Hall–Kier alpha value is -2.59. The van der Waals surface area contributed by atoms with Crippen LogP contribution in [0, 0.1) is 12.8 Å². The summed E-state index contributed by atoms with van der Waals surface area (Å²) >= 11 is 0. The maximum absolute atomic E-state index is 4.84. The van der Waals surface area contributed by atoms with Gasteiger partial charge < -0.3 is 14.9 Å². The quantitative estimate of drug-likeness (QED) is 0.420. The van der Waals surface area contributed by atoms with E-state index in [-0.39, 0.29) is 0 Å². The number of unbranched alkanes of at least 4 members (excludes halogenated alkanes) is 1. The lowest BCUT2D eigenvalue weighted by Gasteiger charge is -2.22. The van der Waals surface area contributed by atoms with Crippen LogP contribution in [-0.2, 0) is 6.54 Å². The minimum Gasteiger partial charge on any atom is -0.347 e. The van der Waals surface area contributed by atoms with Gasteiger partial charge in [0.15, 0.2) is 0 Å². The smallest absolute Gasteiger partial charge is 0.139 e. The van der Waals surface area contributed by atoms with Crippen LogP contribution in [0.4, 0.5) is 0 Å². The van der Waals surface area contributed by atoms with Crippen molar-refractivity contribution in [2.45, 2.75) is 45.6 Å². The van der Waals surface area contributed by atoms with Gasteiger partial charge in [0, 0.05) is 29.2 Å². The molecular weight excluding hydrogens is 356 g/mol. The number of aromatic nitrogens is 3. The van der Waals surface area contributed by atoms with E-state index < -0.39 is 0 Å². The molecule has 0 unspecified atom stereocenters. The summed E-state index contributed by atoms with van der Waals surface area (Å²) in [5.74, 6) is 1.89. The molecule has 4 nitrogen and oxygen atoms in total. The molecule has 150 valence electrons. The highest BCUT2D eigenvalue weighted by molar-refractivity contribution is 5.95. The van der Waals surface area contributed by atoms with E-state index in [0.717, 1.165) is 29.3 Å². The highest BCUT2D eigenvalue weighted by Gasteiger charge is 2.13. The van der Waals surface area contributed by atoms with Crippen LogP contribution >= 0.6 is 0 Å². The number of piperidine rings is 1. The predicted molar refractivity (Wildman–Crippen MR) is 121 cm³/mol. The molecule has 5 rings (SSSR count). The summed E-state index contributed by atoms with van der Waals surface area (Å²) in [5.41, 5.74) is 5.88. The van der Waals surface area contributed by atoms with Crippen LogP contribution in [0.15, 0.2) is 48.7 Å². The molecule has 2 aromatic carbocycles. The molecule has 29 heavy (non-hydrogen) atoms. The number of fused-ring (bicyclic) bond motifs is 2. The Morgan fingerprint density at radius 1 is 1.07 bits per heavy atom. The average molecular weight is 387 g/mol. The van der Waals surface area contributed by atoms with E-state index in [1.165, 1.54) is 67.2 Å². The fraction of sp³-hybridized carbons (Fsp3) is 0.400. The maximum atomic E-state index is 4.84. The molecule has 1 fully saturated rings. The Balaban J connectivity index is 1.33. The zero-order valence-corrected chi connectivity index (χ0v) is 17.2. The van der Waals surface area contributed by atoms with Gasteiger partial charge in [-0.2, -0.15) is 0 Å². The van der Waals surface area contributed by atoms with Crippen molar-refractivity contribution in [3.63, 3.8) is 0 Å². The Kier molecular flexibility index (Phi) is 5.11. The number of nitrogens with one attached hydrogen (secondary N) is 2. The number of aromatic amines is 1. The van der Waals surface area contributed by atoms with Crippen molar-refractivity contribution in [3.8, 4) is 11.4 Å². The van der Waals surface area contributed by atoms with E-state index in [0.29, 0.717) is 0 Å². The zero-order valence-electron chi connectivity index (χ0n) is 17.2. The fourth-order valence-electron chi connectivity index (χ4n) is 4.76. The topological polar surface area (TPSA) is 45.6 Å². The van der Waals surface area contributed by atoms with E-state index in [9.17, 15) is 0 Å². The highest BCUT2D eigenvalue weighted by Crippen LogP contribution is 2.30. The summed E-state index contributed by atoms with van der Waals surface area (Å²) in [4.78, 5) is 8.36. The number of hydrogen-bond acceptors (Lipinski definition) is 2. The minimum absolute atomic E-state index is 0.931. The second-order valence-corrected chi connectivity index (χ2v) is 8.54. The number of aryl methyl sites for hydroxylation is 2. The van der Waals surface area contributed by atoms with E-state index in [1.54, 1.807) is 0 Å². The monoisotopic (exact) mass is 386 g/mol. The normalized spacial score (nSPS) is 15.5. The SMILES string of the molecule is Cc1ccc2nc(-c3cccc4c3ccn4CCCCC3CCNCC3)[nH]c2c1. The molecule has 0 saturated carbocycles. The standard InChI is InChI=1S/C25H30N4/c1-18-8-9-22-23(17-18)28-25(27-22)21-6-4-7-24-20(21)12-16-29(24)15-3-2-5-19-10-13-26-14-11-19/h4,6-9,12,16-17,19,26H,2-3,5,10-11,13-15H2,1H3,(H,27,28). The Morgan fingerprint density at radius 3 is 2.86 bits per heavy atom. The molecule has 1 aliphatic rings. The van der Waals surface area contributed by atoms with Crippen LogP contribution in [0.2, 0.25) is 0 Å².